The first-order chi connectivity index (χ1) is 16.5. The summed E-state index contributed by atoms with van der Waals surface area (Å²) in [6, 6.07) is 12.1. The molecular formula is C25H28N2O6S. The Kier molecular flexibility index (Phi) is 8.86. The van der Waals surface area contributed by atoms with E-state index >= 15 is 0 Å². The zero-order valence-electron chi connectivity index (χ0n) is 19.7. The second kappa shape index (κ2) is 12.0. The first kappa shape index (κ1) is 25.0. The van der Waals surface area contributed by atoms with Gasteiger partial charge in [0.25, 0.3) is 0 Å². The Morgan fingerprint density at radius 2 is 1.79 bits per heavy atom. The van der Waals surface area contributed by atoms with Crippen molar-refractivity contribution in [1.82, 2.24) is 4.98 Å². The molecule has 180 valence electrons. The number of ether oxygens (including phenoxy) is 4. The van der Waals surface area contributed by atoms with Crippen molar-refractivity contribution in [1.29, 1.82) is 0 Å². The summed E-state index contributed by atoms with van der Waals surface area (Å²) >= 11 is 1.28. The lowest BCUT2D eigenvalue weighted by Crippen LogP contribution is -2.23. The molecule has 0 saturated carbocycles. The molecule has 0 N–H and O–H groups in total. The summed E-state index contributed by atoms with van der Waals surface area (Å²) in [6.45, 7) is 4.08. The summed E-state index contributed by atoms with van der Waals surface area (Å²) in [5.41, 5.74) is 1.46. The fourth-order valence-corrected chi connectivity index (χ4v) is 4.01. The number of carbonyl (C=O) groups excluding carboxylic acids is 2. The predicted octanol–water partition coefficient (Wildman–Crippen LogP) is 5.38. The predicted molar refractivity (Wildman–Crippen MR) is 130 cm³/mol. The Hall–Kier alpha value is -3.59. The van der Waals surface area contributed by atoms with Crippen molar-refractivity contribution in [3.05, 3.63) is 59.1 Å². The van der Waals surface area contributed by atoms with Crippen LogP contribution >= 0.6 is 11.3 Å². The highest BCUT2D eigenvalue weighted by Gasteiger charge is 2.21. The molecule has 3 aromatic rings. The molecule has 0 unspecified atom stereocenters. The molecule has 0 radical (unpaired) electrons. The number of esters is 1. The zero-order chi connectivity index (χ0) is 24.5. The van der Waals surface area contributed by atoms with Gasteiger partial charge in [0.15, 0.2) is 16.6 Å². The Morgan fingerprint density at radius 3 is 2.50 bits per heavy atom. The van der Waals surface area contributed by atoms with E-state index in [1.807, 2.05) is 12.1 Å². The number of anilines is 2. The first-order valence-electron chi connectivity index (χ1n) is 10.8. The number of aromatic nitrogens is 1. The number of hydrogen-bond donors (Lipinski definition) is 0. The van der Waals surface area contributed by atoms with Crippen LogP contribution in [-0.4, -0.2) is 37.7 Å². The molecule has 2 aromatic carbocycles. The van der Waals surface area contributed by atoms with Gasteiger partial charge in [-0.05, 0) is 36.8 Å². The topological polar surface area (TPSA) is 87.2 Å². The largest absolute Gasteiger partial charge is 0.495 e. The van der Waals surface area contributed by atoms with Gasteiger partial charge in [0.05, 0.1) is 37.8 Å². The molecule has 0 saturated heterocycles. The molecule has 0 fully saturated rings. The molecule has 1 heterocycles. The van der Waals surface area contributed by atoms with Crippen LogP contribution in [0.4, 0.5) is 10.8 Å². The van der Waals surface area contributed by atoms with Crippen molar-refractivity contribution in [3.8, 4) is 17.2 Å². The maximum Gasteiger partial charge on any atom is 0.338 e. The van der Waals surface area contributed by atoms with Gasteiger partial charge in [0, 0.05) is 12.3 Å². The number of thiazole rings is 1. The van der Waals surface area contributed by atoms with Crippen molar-refractivity contribution in [3.63, 3.8) is 0 Å². The number of hydrogen-bond acceptors (Lipinski definition) is 8. The number of nitrogens with zero attached hydrogens (tertiary/aromatic N) is 2. The molecule has 3 rings (SSSR count). The fourth-order valence-electron chi connectivity index (χ4n) is 3.15. The van der Waals surface area contributed by atoms with Crippen LogP contribution < -0.4 is 19.1 Å². The minimum Gasteiger partial charge on any atom is -0.495 e. The molecule has 0 bridgehead atoms. The van der Waals surface area contributed by atoms with Gasteiger partial charge in [0.2, 0.25) is 5.91 Å². The third kappa shape index (κ3) is 6.05. The minimum absolute atomic E-state index is 0.0376. The number of unbranched alkanes of at least 4 members (excludes halogenated alkanes) is 1. The van der Waals surface area contributed by atoms with Crippen LogP contribution in [-0.2, 0) is 16.1 Å². The highest BCUT2D eigenvalue weighted by atomic mass is 32.1. The Bertz CT molecular complexity index is 1130. The fraction of sp³-hybridized carbons (Fsp3) is 0.320. The van der Waals surface area contributed by atoms with E-state index < -0.39 is 5.97 Å². The molecule has 34 heavy (non-hydrogen) atoms. The molecule has 0 aliphatic rings. The quantitative estimate of drug-likeness (QED) is 0.267. The van der Waals surface area contributed by atoms with Crippen LogP contribution in [0.2, 0.25) is 0 Å². The van der Waals surface area contributed by atoms with Crippen molar-refractivity contribution in [2.45, 2.75) is 33.3 Å². The molecule has 9 heteroatoms. The standard InChI is InChI=1S/C25H28N2O6S/c1-5-6-13-32-22-12-11-18(14-23(22)31-4)24(29)33-15-19-16-34-25(26-19)27(17(2)28)20-9-7-8-10-21(20)30-3/h7-12,14,16H,5-6,13,15H2,1-4H3. The van der Waals surface area contributed by atoms with Crippen molar-refractivity contribution >= 4 is 34.0 Å². The van der Waals surface area contributed by atoms with Gasteiger partial charge in [0.1, 0.15) is 12.4 Å². The normalized spacial score (nSPS) is 10.5. The van der Waals surface area contributed by atoms with Gasteiger partial charge in [-0.25, -0.2) is 9.78 Å². The summed E-state index contributed by atoms with van der Waals surface area (Å²) in [6.07, 6.45) is 1.95. The van der Waals surface area contributed by atoms with E-state index in [4.69, 9.17) is 18.9 Å². The molecule has 1 amide bonds. The van der Waals surface area contributed by atoms with Gasteiger partial charge in [-0.2, -0.15) is 0 Å². The third-order valence-corrected chi connectivity index (χ3v) is 5.75. The average molecular weight is 485 g/mol. The van der Waals surface area contributed by atoms with E-state index in [0.717, 1.165) is 12.8 Å². The number of methoxy groups -OCH3 is 2. The van der Waals surface area contributed by atoms with Crippen LogP contribution in [0.3, 0.4) is 0 Å². The van der Waals surface area contributed by atoms with Crippen LogP contribution in [0.15, 0.2) is 47.8 Å². The van der Waals surface area contributed by atoms with Crippen LogP contribution in [0.1, 0.15) is 42.7 Å². The molecule has 0 aliphatic heterocycles. The summed E-state index contributed by atoms with van der Waals surface area (Å²) in [7, 11) is 3.07. The molecule has 0 aliphatic carbocycles. The maximum atomic E-state index is 12.6. The van der Waals surface area contributed by atoms with Gasteiger partial charge < -0.3 is 18.9 Å². The van der Waals surface area contributed by atoms with E-state index in [1.54, 1.807) is 42.8 Å². The molecular weight excluding hydrogens is 456 g/mol. The number of carbonyl (C=O) groups is 2. The Morgan fingerprint density at radius 1 is 1.03 bits per heavy atom. The molecule has 0 atom stereocenters. The highest BCUT2D eigenvalue weighted by Crippen LogP contribution is 2.35. The lowest BCUT2D eigenvalue weighted by molar-refractivity contribution is -0.115. The zero-order valence-corrected chi connectivity index (χ0v) is 20.5. The smallest absolute Gasteiger partial charge is 0.338 e. The van der Waals surface area contributed by atoms with Gasteiger partial charge in [-0.15, -0.1) is 11.3 Å². The maximum absolute atomic E-state index is 12.6. The molecule has 0 spiro atoms. The van der Waals surface area contributed by atoms with E-state index in [1.165, 1.54) is 30.3 Å². The molecule has 8 nitrogen and oxygen atoms in total. The van der Waals surface area contributed by atoms with E-state index in [-0.39, 0.29) is 12.5 Å². The van der Waals surface area contributed by atoms with Crippen molar-refractivity contribution in [2.24, 2.45) is 0 Å². The molecule has 1 aromatic heterocycles. The Labute approximate surface area is 203 Å². The van der Waals surface area contributed by atoms with E-state index in [2.05, 4.69) is 11.9 Å². The summed E-state index contributed by atoms with van der Waals surface area (Å²) in [5.74, 6) is 0.876. The Balaban J connectivity index is 1.69. The third-order valence-electron chi connectivity index (χ3n) is 4.88. The van der Waals surface area contributed by atoms with Crippen LogP contribution in [0, 0.1) is 0 Å². The number of benzene rings is 2. The second-order valence-corrected chi connectivity index (χ2v) is 8.13. The van der Waals surface area contributed by atoms with Crippen molar-refractivity contribution < 1.29 is 28.5 Å². The van der Waals surface area contributed by atoms with Gasteiger partial charge in [-0.1, -0.05) is 25.5 Å². The van der Waals surface area contributed by atoms with Crippen molar-refractivity contribution in [2.75, 3.05) is 25.7 Å². The summed E-state index contributed by atoms with van der Waals surface area (Å²) < 4.78 is 21.9. The van der Waals surface area contributed by atoms with Gasteiger partial charge in [-0.3, -0.25) is 9.69 Å². The monoisotopic (exact) mass is 484 g/mol. The SMILES string of the molecule is CCCCOc1ccc(C(=O)OCc2csc(N(C(C)=O)c3ccccc3OC)n2)cc1OC. The van der Waals surface area contributed by atoms with Gasteiger partial charge >= 0.3 is 5.97 Å². The summed E-state index contributed by atoms with van der Waals surface area (Å²) in [4.78, 5) is 30.9. The second-order valence-electron chi connectivity index (χ2n) is 7.29. The van der Waals surface area contributed by atoms with Crippen LogP contribution in [0.5, 0.6) is 17.2 Å². The summed E-state index contributed by atoms with van der Waals surface area (Å²) in [5, 5.41) is 2.21. The van der Waals surface area contributed by atoms with Crippen LogP contribution in [0.25, 0.3) is 0 Å². The average Bonchev–Trinajstić information content (AvgIpc) is 3.31. The highest BCUT2D eigenvalue weighted by molar-refractivity contribution is 7.14. The number of amides is 1. The first-order valence-corrected chi connectivity index (χ1v) is 11.7. The minimum atomic E-state index is -0.513. The number of rotatable bonds is 11. The number of para-hydroxylation sites is 2. The van der Waals surface area contributed by atoms with E-state index in [0.29, 0.717) is 45.9 Å². The van der Waals surface area contributed by atoms with E-state index in [9.17, 15) is 9.59 Å². The lowest BCUT2D eigenvalue weighted by Gasteiger charge is -2.20. The lowest BCUT2D eigenvalue weighted by atomic mass is 10.2.